The van der Waals surface area contributed by atoms with Gasteiger partial charge in [-0.3, -0.25) is 14.5 Å². The van der Waals surface area contributed by atoms with Gasteiger partial charge in [-0.15, -0.1) is 0 Å². The third-order valence-electron chi connectivity index (χ3n) is 9.40. The molecular weight excluding hydrogens is 489 g/mol. The van der Waals surface area contributed by atoms with Crippen molar-refractivity contribution in [2.24, 2.45) is 17.8 Å². The molecule has 1 aromatic carbocycles. The molecule has 7 heteroatoms. The van der Waals surface area contributed by atoms with Crippen molar-refractivity contribution in [3.05, 3.63) is 46.5 Å². The molecule has 2 N–H and O–H groups in total. The third-order valence-corrected chi connectivity index (χ3v) is 9.40. The molecule has 3 fully saturated rings. The Labute approximate surface area is 233 Å². The fourth-order valence-electron chi connectivity index (χ4n) is 7.74. The van der Waals surface area contributed by atoms with Crippen LogP contribution in [0.1, 0.15) is 96.5 Å². The molecule has 0 spiro atoms. The molecule has 39 heavy (non-hydrogen) atoms. The van der Waals surface area contributed by atoms with Gasteiger partial charge in [0.15, 0.2) is 0 Å². The monoisotopic (exact) mass is 533 g/mol. The highest BCUT2D eigenvalue weighted by Gasteiger charge is 2.58. The summed E-state index contributed by atoms with van der Waals surface area (Å²) in [5, 5.41) is 20.5. The van der Waals surface area contributed by atoms with Crippen molar-refractivity contribution in [2.45, 2.75) is 109 Å². The van der Waals surface area contributed by atoms with Crippen LogP contribution in [0, 0.1) is 17.8 Å². The number of rotatable bonds is 9. The standard InChI is InChI=1S/C32H44BNO5/c1-3-8-21(18-22-12-15-25(35)16-13-22)14-17-28-29-23(9-4-2)19-26-30(27(29)20-33(38)39-28)32(37)34(31(26)36)24-10-6-5-7-11-24/h12-13,15-16,18,24,26-28,30,35,38H,3-11,14,17,19-20H2,1-2H3/b21-18+/t26-,27+,28-,30-/m1/s1. The zero-order valence-corrected chi connectivity index (χ0v) is 23.6. The molecule has 1 saturated carbocycles. The molecule has 2 saturated heterocycles. The van der Waals surface area contributed by atoms with Crippen LogP contribution in [0.3, 0.4) is 0 Å². The van der Waals surface area contributed by atoms with Crippen molar-refractivity contribution in [3.63, 3.8) is 0 Å². The van der Waals surface area contributed by atoms with Gasteiger partial charge in [-0.2, -0.15) is 0 Å². The molecule has 0 unspecified atom stereocenters. The Morgan fingerprint density at radius 1 is 1.03 bits per heavy atom. The summed E-state index contributed by atoms with van der Waals surface area (Å²) in [6.45, 7) is 4.34. The van der Waals surface area contributed by atoms with Crippen LogP contribution in [0.2, 0.25) is 6.32 Å². The molecule has 0 radical (unpaired) electrons. The molecule has 2 heterocycles. The average Bonchev–Trinajstić information content (AvgIpc) is 3.18. The van der Waals surface area contributed by atoms with Crippen molar-refractivity contribution in [1.29, 1.82) is 0 Å². The van der Waals surface area contributed by atoms with E-state index in [9.17, 15) is 19.7 Å². The Bertz CT molecular complexity index is 1110. The van der Waals surface area contributed by atoms with Crippen LogP contribution in [0.4, 0.5) is 0 Å². The molecule has 4 atom stereocenters. The Morgan fingerprint density at radius 2 is 1.77 bits per heavy atom. The fourth-order valence-corrected chi connectivity index (χ4v) is 7.74. The molecule has 0 aromatic heterocycles. The Kier molecular flexibility index (Phi) is 8.97. The highest BCUT2D eigenvalue weighted by atomic mass is 16.5. The molecule has 4 aliphatic rings. The second-order valence-corrected chi connectivity index (χ2v) is 12.1. The quantitative estimate of drug-likeness (QED) is 0.222. The molecular formula is C32H44BNO5. The number of hydrogen-bond acceptors (Lipinski definition) is 5. The number of imide groups is 1. The molecule has 6 nitrogen and oxygen atoms in total. The number of carbonyl (C=O) groups is 2. The largest absolute Gasteiger partial charge is 0.508 e. The van der Waals surface area contributed by atoms with Gasteiger partial charge in [-0.1, -0.05) is 75.3 Å². The van der Waals surface area contributed by atoms with Crippen LogP contribution in [0.25, 0.3) is 6.08 Å². The van der Waals surface area contributed by atoms with Crippen LogP contribution in [0.15, 0.2) is 41.0 Å². The van der Waals surface area contributed by atoms with E-state index in [1.807, 2.05) is 12.1 Å². The summed E-state index contributed by atoms with van der Waals surface area (Å²) in [6, 6.07) is 7.30. The van der Waals surface area contributed by atoms with E-state index in [1.165, 1.54) is 23.1 Å². The lowest BCUT2D eigenvalue weighted by molar-refractivity contribution is -0.143. The number of carbonyl (C=O) groups excluding carboxylic acids is 2. The molecule has 2 amide bonds. The van der Waals surface area contributed by atoms with E-state index in [2.05, 4.69) is 19.9 Å². The number of fused-ring (bicyclic) bond motifs is 3. The van der Waals surface area contributed by atoms with Crippen molar-refractivity contribution >= 4 is 25.0 Å². The van der Waals surface area contributed by atoms with Gasteiger partial charge in [0.05, 0.1) is 17.9 Å². The van der Waals surface area contributed by atoms with Gasteiger partial charge < -0.3 is 14.8 Å². The third kappa shape index (κ3) is 5.90. The summed E-state index contributed by atoms with van der Waals surface area (Å²) in [6.07, 6.45) is 13.6. The summed E-state index contributed by atoms with van der Waals surface area (Å²) < 4.78 is 6.21. The summed E-state index contributed by atoms with van der Waals surface area (Å²) in [4.78, 5) is 29.2. The Morgan fingerprint density at radius 3 is 2.46 bits per heavy atom. The summed E-state index contributed by atoms with van der Waals surface area (Å²) in [5.74, 6) is -0.483. The maximum absolute atomic E-state index is 13.9. The van der Waals surface area contributed by atoms with Crippen LogP contribution in [0.5, 0.6) is 5.75 Å². The van der Waals surface area contributed by atoms with E-state index in [0.717, 1.165) is 69.8 Å². The smallest absolute Gasteiger partial charge is 0.455 e. The molecule has 2 aliphatic heterocycles. The second-order valence-electron chi connectivity index (χ2n) is 12.1. The van der Waals surface area contributed by atoms with E-state index >= 15 is 0 Å². The van der Waals surface area contributed by atoms with E-state index in [0.29, 0.717) is 12.7 Å². The number of nitrogens with zero attached hydrogens (tertiary/aromatic N) is 1. The Hall–Kier alpha value is -2.38. The lowest BCUT2D eigenvalue weighted by atomic mass is 9.58. The maximum atomic E-state index is 13.9. The van der Waals surface area contributed by atoms with Gasteiger partial charge in [0, 0.05) is 6.04 Å². The SMILES string of the molecule is CCCC1=C2[C@@H](CC/C(=C/c3ccc(O)cc3)CCC)OB(O)C[C@@H]2[C@@H]2C(=O)N(C3CCCCC3)C(=O)[C@@H]2C1. The number of benzene rings is 1. The van der Waals surface area contributed by atoms with Gasteiger partial charge in [0.2, 0.25) is 11.8 Å². The topological polar surface area (TPSA) is 87.1 Å². The van der Waals surface area contributed by atoms with E-state index in [1.54, 1.807) is 17.0 Å². The Balaban J connectivity index is 1.41. The first-order valence-corrected chi connectivity index (χ1v) is 15.3. The van der Waals surface area contributed by atoms with Gasteiger partial charge >= 0.3 is 7.12 Å². The summed E-state index contributed by atoms with van der Waals surface area (Å²) >= 11 is 0. The number of aromatic hydroxyl groups is 1. The van der Waals surface area contributed by atoms with Gasteiger partial charge in [0.1, 0.15) is 5.75 Å². The van der Waals surface area contributed by atoms with E-state index in [4.69, 9.17) is 4.65 Å². The zero-order valence-electron chi connectivity index (χ0n) is 23.6. The van der Waals surface area contributed by atoms with Gasteiger partial charge in [-0.25, -0.2) is 0 Å². The molecule has 1 aromatic rings. The van der Waals surface area contributed by atoms with Crippen LogP contribution in [-0.4, -0.2) is 46.1 Å². The summed E-state index contributed by atoms with van der Waals surface area (Å²) in [7, 11) is -0.923. The van der Waals surface area contributed by atoms with E-state index < -0.39 is 7.12 Å². The minimum atomic E-state index is -0.923. The predicted octanol–water partition coefficient (Wildman–Crippen LogP) is 6.29. The lowest BCUT2D eigenvalue weighted by Gasteiger charge is -2.43. The number of phenolic OH excluding ortho intramolecular Hbond substituents is 1. The van der Waals surface area contributed by atoms with Gasteiger partial charge in [0.25, 0.3) is 0 Å². The van der Waals surface area contributed by atoms with Crippen molar-refractivity contribution in [2.75, 3.05) is 0 Å². The highest BCUT2D eigenvalue weighted by molar-refractivity contribution is 6.43. The average molecular weight is 534 g/mol. The first kappa shape index (κ1) is 28.2. The first-order valence-electron chi connectivity index (χ1n) is 15.3. The molecule has 2 aliphatic carbocycles. The van der Waals surface area contributed by atoms with Gasteiger partial charge in [-0.05, 0) is 80.5 Å². The minimum absolute atomic E-state index is 0.00157. The minimum Gasteiger partial charge on any atom is -0.508 e. The first-order chi connectivity index (χ1) is 18.9. The summed E-state index contributed by atoms with van der Waals surface area (Å²) in [5.41, 5.74) is 4.86. The normalized spacial score (nSPS) is 28.2. The van der Waals surface area contributed by atoms with Crippen molar-refractivity contribution < 1.29 is 24.4 Å². The van der Waals surface area contributed by atoms with Crippen LogP contribution >= 0.6 is 0 Å². The lowest BCUT2D eigenvalue weighted by Crippen LogP contribution is -2.46. The molecule has 5 rings (SSSR count). The number of hydrogen-bond donors (Lipinski definition) is 2. The molecule has 0 bridgehead atoms. The van der Waals surface area contributed by atoms with E-state index in [-0.39, 0.29) is 47.5 Å². The second kappa shape index (κ2) is 12.4. The number of likely N-dealkylation sites (tertiary alicyclic amines) is 1. The van der Waals surface area contributed by atoms with Crippen molar-refractivity contribution in [3.8, 4) is 5.75 Å². The molecule has 210 valence electrons. The number of phenols is 1. The highest BCUT2D eigenvalue weighted by Crippen LogP contribution is 2.52. The maximum Gasteiger partial charge on any atom is 0.455 e. The zero-order chi connectivity index (χ0) is 27.5. The van der Waals surface area contributed by atoms with Crippen molar-refractivity contribution in [1.82, 2.24) is 4.90 Å². The predicted molar refractivity (Wildman–Crippen MR) is 154 cm³/mol. The number of allylic oxidation sites excluding steroid dienone is 2. The fraction of sp³-hybridized carbons (Fsp3) is 0.625. The van der Waals surface area contributed by atoms with Crippen LogP contribution in [-0.2, 0) is 14.2 Å². The van der Waals surface area contributed by atoms with Crippen LogP contribution < -0.4 is 0 Å². The number of amides is 2.